The van der Waals surface area contributed by atoms with Crippen molar-refractivity contribution < 1.29 is 14.1 Å². The molecule has 1 saturated carbocycles. The molecule has 4 rings (SSSR count). The summed E-state index contributed by atoms with van der Waals surface area (Å²) in [5.74, 6) is 2.01. The molecule has 3 aliphatic rings. The second-order valence-electron chi connectivity index (χ2n) is 7.23. The van der Waals surface area contributed by atoms with E-state index in [-0.39, 0.29) is 11.5 Å². The molecule has 3 fully saturated rings. The van der Waals surface area contributed by atoms with Crippen molar-refractivity contribution in [2.75, 3.05) is 13.2 Å². The van der Waals surface area contributed by atoms with Crippen molar-refractivity contribution in [1.82, 2.24) is 15.0 Å². The standard InChI is InChI=1S/C17H25N3O3/c21-15-6-8-17(7-3-11-22-17)9-10-20(15)12-14-18-16(23-19-14)13-4-1-2-5-13/h13H,1-12H2/t17-/m1/s1. The lowest BCUT2D eigenvalue weighted by Gasteiger charge is -2.26. The molecule has 2 saturated heterocycles. The number of carbonyl (C=O) groups is 1. The Morgan fingerprint density at radius 3 is 2.83 bits per heavy atom. The van der Waals surface area contributed by atoms with Gasteiger partial charge >= 0.3 is 0 Å². The molecule has 0 unspecified atom stereocenters. The van der Waals surface area contributed by atoms with Gasteiger partial charge in [-0.2, -0.15) is 4.98 Å². The Labute approximate surface area is 136 Å². The minimum Gasteiger partial charge on any atom is -0.375 e. The number of carbonyl (C=O) groups excluding carboxylic acids is 1. The van der Waals surface area contributed by atoms with Crippen LogP contribution in [-0.2, 0) is 16.1 Å². The highest BCUT2D eigenvalue weighted by molar-refractivity contribution is 5.76. The zero-order valence-corrected chi connectivity index (χ0v) is 13.6. The average Bonchev–Trinajstić information content (AvgIpc) is 3.28. The fourth-order valence-electron chi connectivity index (χ4n) is 4.24. The Kier molecular flexibility index (Phi) is 4.09. The second-order valence-corrected chi connectivity index (χ2v) is 7.23. The largest absolute Gasteiger partial charge is 0.375 e. The summed E-state index contributed by atoms with van der Waals surface area (Å²) in [6.45, 7) is 2.03. The zero-order chi connectivity index (χ0) is 15.7. The summed E-state index contributed by atoms with van der Waals surface area (Å²) in [6, 6.07) is 0. The Bertz CT molecular complexity index is 559. The fraction of sp³-hybridized carbons (Fsp3) is 0.824. The molecule has 2 aliphatic heterocycles. The van der Waals surface area contributed by atoms with E-state index < -0.39 is 0 Å². The van der Waals surface area contributed by atoms with Crippen LogP contribution in [0.4, 0.5) is 0 Å². The van der Waals surface area contributed by atoms with Crippen molar-refractivity contribution in [3.63, 3.8) is 0 Å². The Morgan fingerprint density at radius 1 is 1.17 bits per heavy atom. The molecule has 0 aromatic carbocycles. The maximum Gasteiger partial charge on any atom is 0.229 e. The molecule has 6 heteroatoms. The van der Waals surface area contributed by atoms with Gasteiger partial charge < -0.3 is 14.2 Å². The van der Waals surface area contributed by atoms with Gasteiger partial charge in [0.2, 0.25) is 11.8 Å². The number of amides is 1. The van der Waals surface area contributed by atoms with Gasteiger partial charge in [0.1, 0.15) is 0 Å². The lowest BCUT2D eigenvalue weighted by atomic mass is 9.92. The van der Waals surface area contributed by atoms with Crippen LogP contribution >= 0.6 is 0 Å². The monoisotopic (exact) mass is 319 g/mol. The molecule has 23 heavy (non-hydrogen) atoms. The van der Waals surface area contributed by atoms with Gasteiger partial charge in [-0.05, 0) is 38.5 Å². The maximum absolute atomic E-state index is 12.4. The van der Waals surface area contributed by atoms with E-state index in [9.17, 15) is 4.79 Å². The van der Waals surface area contributed by atoms with Gasteiger partial charge in [-0.25, -0.2) is 0 Å². The van der Waals surface area contributed by atoms with E-state index in [1.165, 1.54) is 12.8 Å². The number of hydrogen-bond acceptors (Lipinski definition) is 5. The normalized spacial score (nSPS) is 29.6. The first-order valence-electron chi connectivity index (χ1n) is 8.98. The molecule has 1 atom stereocenters. The summed E-state index contributed by atoms with van der Waals surface area (Å²) in [5, 5.41) is 4.10. The molecule has 126 valence electrons. The van der Waals surface area contributed by atoms with Crippen molar-refractivity contribution in [2.24, 2.45) is 0 Å². The van der Waals surface area contributed by atoms with Crippen LogP contribution in [0.15, 0.2) is 4.52 Å². The van der Waals surface area contributed by atoms with Gasteiger partial charge in [-0.3, -0.25) is 4.79 Å². The highest BCUT2D eigenvalue weighted by Gasteiger charge is 2.38. The molecule has 1 spiro atoms. The summed E-state index contributed by atoms with van der Waals surface area (Å²) >= 11 is 0. The van der Waals surface area contributed by atoms with Crippen molar-refractivity contribution in [1.29, 1.82) is 0 Å². The Hall–Kier alpha value is -1.43. The van der Waals surface area contributed by atoms with Gasteiger partial charge in [-0.15, -0.1) is 0 Å². The predicted molar refractivity (Wildman–Crippen MR) is 82.7 cm³/mol. The van der Waals surface area contributed by atoms with Crippen molar-refractivity contribution in [3.05, 3.63) is 11.7 Å². The smallest absolute Gasteiger partial charge is 0.229 e. The van der Waals surface area contributed by atoms with E-state index >= 15 is 0 Å². The average molecular weight is 319 g/mol. The lowest BCUT2D eigenvalue weighted by Crippen LogP contribution is -2.32. The predicted octanol–water partition coefficient (Wildman–Crippen LogP) is 2.79. The third-order valence-electron chi connectivity index (χ3n) is 5.69. The van der Waals surface area contributed by atoms with Crippen LogP contribution in [0.2, 0.25) is 0 Å². The molecule has 6 nitrogen and oxygen atoms in total. The van der Waals surface area contributed by atoms with E-state index in [1.54, 1.807) is 0 Å². The van der Waals surface area contributed by atoms with Gasteiger partial charge in [0.15, 0.2) is 5.82 Å². The summed E-state index contributed by atoms with van der Waals surface area (Å²) in [5.41, 5.74) is -0.0589. The minimum absolute atomic E-state index is 0.0589. The number of nitrogens with zero attached hydrogens (tertiary/aromatic N) is 3. The number of likely N-dealkylation sites (tertiary alicyclic amines) is 1. The fourth-order valence-corrected chi connectivity index (χ4v) is 4.24. The molecule has 0 radical (unpaired) electrons. The minimum atomic E-state index is -0.0589. The highest BCUT2D eigenvalue weighted by atomic mass is 16.5. The summed E-state index contributed by atoms with van der Waals surface area (Å²) in [4.78, 5) is 18.8. The van der Waals surface area contributed by atoms with E-state index in [2.05, 4.69) is 10.1 Å². The van der Waals surface area contributed by atoms with Gasteiger partial charge in [0, 0.05) is 25.5 Å². The number of aromatic nitrogens is 2. The second kappa shape index (κ2) is 6.23. The number of rotatable bonds is 3. The number of hydrogen-bond donors (Lipinski definition) is 0. The third-order valence-corrected chi connectivity index (χ3v) is 5.69. The van der Waals surface area contributed by atoms with E-state index in [0.29, 0.717) is 24.7 Å². The Balaban J connectivity index is 1.40. The van der Waals surface area contributed by atoms with E-state index in [4.69, 9.17) is 9.26 Å². The van der Waals surface area contributed by atoms with Crippen LogP contribution in [-0.4, -0.2) is 39.7 Å². The van der Waals surface area contributed by atoms with Crippen molar-refractivity contribution >= 4 is 5.91 Å². The van der Waals surface area contributed by atoms with Crippen LogP contribution in [0, 0.1) is 0 Å². The van der Waals surface area contributed by atoms with Crippen LogP contribution in [0.1, 0.15) is 75.4 Å². The maximum atomic E-state index is 12.4. The molecular formula is C17H25N3O3. The molecule has 1 aromatic rings. The molecule has 0 N–H and O–H groups in total. The highest BCUT2D eigenvalue weighted by Crippen LogP contribution is 2.36. The van der Waals surface area contributed by atoms with Gasteiger partial charge in [-0.1, -0.05) is 18.0 Å². The quantitative estimate of drug-likeness (QED) is 0.857. The van der Waals surface area contributed by atoms with Crippen LogP contribution in [0.3, 0.4) is 0 Å². The van der Waals surface area contributed by atoms with Crippen molar-refractivity contribution in [3.8, 4) is 0 Å². The molecule has 3 heterocycles. The summed E-state index contributed by atoms with van der Waals surface area (Å²) in [6.07, 6.45) is 9.31. The SMILES string of the molecule is O=C1CC[C@]2(CCCO2)CCN1Cc1noc(C2CCCC2)n1. The summed E-state index contributed by atoms with van der Waals surface area (Å²) < 4.78 is 11.4. The first-order chi connectivity index (χ1) is 11.2. The topological polar surface area (TPSA) is 68.5 Å². The van der Waals surface area contributed by atoms with Crippen LogP contribution in [0.25, 0.3) is 0 Å². The van der Waals surface area contributed by atoms with E-state index in [1.807, 2.05) is 4.90 Å². The number of ether oxygens (including phenoxy) is 1. The summed E-state index contributed by atoms with van der Waals surface area (Å²) in [7, 11) is 0. The molecule has 1 aromatic heterocycles. The first kappa shape index (κ1) is 15.1. The van der Waals surface area contributed by atoms with E-state index in [0.717, 1.165) is 57.6 Å². The molecular weight excluding hydrogens is 294 g/mol. The lowest BCUT2D eigenvalue weighted by molar-refractivity contribution is -0.131. The molecule has 0 bridgehead atoms. The van der Waals surface area contributed by atoms with Crippen molar-refractivity contribution in [2.45, 2.75) is 75.9 Å². The first-order valence-corrected chi connectivity index (χ1v) is 8.98. The van der Waals surface area contributed by atoms with Crippen LogP contribution in [0.5, 0.6) is 0 Å². The molecule has 1 aliphatic carbocycles. The Morgan fingerprint density at radius 2 is 2.04 bits per heavy atom. The third kappa shape index (κ3) is 3.13. The zero-order valence-electron chi connectivity index (χ0n) is 13.6. The van der Waals surface area contributed by atoms with Gasteiger partial charge in [0.25, 0.3) is 0 Å². The molecule has 1 amide bonds. The van der Waals surface area contributed by atoms with Crippen LogP contribution < -0.4 is 0 Å². The van der Waals surface area contributed by atoms with Gasteiger partial charge in [0.05, 0.1) is 12.1 Å².